The number of hydrogen-bond acceptors (Lipinski definition) is 2. The summed E-state index contributed by atoms with van der Waals surface area (Å²) in [7, 11) is 0. The summed E-state index contributed by atoms with van der Waals surface area (Å²) in [6.07, 6.45) is 0. The van der Waals surface area contributed by atoms with Gasteiger partial charge in [-0.05, 0) is 37.6 Å². The fourth-order valence-electron chi connectivity index (χ4n) is 1.23. The van der Waals surface area contributed by atoms with Gasteiger partial charge in [-0.3, -0.25) is 4.79 Å². The predicted octanol–water partition coefficient (Wildman–Crippen LogP) is 1.24. The molecular formula is C11H14FNO2. The Balaban J connectivity index is 2.82. The molecule has 0 aliphatic heterocycles. The van der Waals surface area contributed by atoms with Crippen molar-refractivity contribution in [2.24, 2.45) is 0 Å². The fourth-order valence-corrected chi connectivity index (χ4v) is 1.23. The van der Waals surface area contributed by atoms with Crippen LogP contribution in [0.5, 0.6) is 0 Å². The highest BCUT2D eigenvalue weighted by Crippen LogP contribution is 2.09. The number of aliphatic hydroxyl groups is 1. The molecule has 0 aromatic heterocycles. The van der Waals surface area contributed by atoms with Crippen LogP contribution in [0.2, 0.25) is 0 Å². The molecule has 0 saturated heterocycles. The van der Waals surface area contributed by atoms with Crippen molar-refractivity contribution in [3.05, 3.63) is 35.1 Å². The van der Waals surface area contributed by atoms with Crippen molar-refractivity contribution in [2.45, 2.75) is 19.9 Å². The second-order valence-corrected chi connectivity index (χ2v) is 3.52. The van der Waals surface area contributed by atoms with Crippen LogP contribution in [0.15, 0.2) is 18.2 Å². The monoisotopic (exact) mass is 211 g/mol. The Morgan fingerprint density at radius 3 is 2.80 bits per heavy atom. The lowest BCUT2D eigenvalue weighted by atomic mass is 10.1. The number of halogens is 1. The maximum absolute atomic E-state index is 12.8. The molecule has 2 N–H and O–H groups in total. The topological polar surface area (TPSA) is 49.3 Å². The normalized spacial score (nSPS) is 12.3. The molecule has 4 heteroatoms. The Hall–Kier alpha value is -1.42. The van der Waals surface area contributed by atoms with E-state index in [-0.39, 0.29) is 24.4 Å². The van der Waals surface area contributed by atoms with Crippen molar-refractivity contribution in [3.63, 3.8) is 0 Å². The first-order chi connectivity index (χ1) is 7.04. The minimum absolute atomic E-state index is 0.119. The summed E-state index contributed by atoms with van der Waals surface area (Å²) in [5.41, 5.74) is 1.01. The van der Waals surface area contributed by atoms with E-state index in [2.05, 4.69) is 5.32 Å². The van der Waals surface area contributed by atoms with Gasteiger partial charge in [0.15, 0.2) is 0 Å². The zero-order chi connectivity index (χ0) is 11.4. The number of amides is 1. The SMILES string of the molecule is Cc1cc(F)ccc1C(=O)NC(C)CO. The van der Waals surface area contributed by atoms with E-state index < -0.39 is 0 Å². The van der Waals surface area contributed by atoms with E-state index in [0.717, 1.165) is 0 Å². The van der Waals surface area contributed by atoms with Crippen molar-refractivity contribution in [2.75, 3.05) is 6.61 Å². The summed E-state index contributed by atoms with van der Waals surface area (Å²) in [4.78, 5) is 11.6. The van der Waals surface area contributed by atoms with Crippen molar-refractivity contribution in [1.82, 2.24) is 5.32 Å². The number of hydrogen-bond donors (Lipinski definition) is 2. The number of nitrogens with one attached hydrogen (secondary N) is 1. The summed E-state index contributed by atoms with van der Waals surface area (Å²) in [5.74, 6) is -0.659. The summed E-state index contributed by atoms with van der Waals surface area (Å²) in [6.45, 7) is 3.24. The van der Waals surface area contributed by atoms with Gasteiger partial charge in [-0.2, -0.15) is 0 Å². The molecule has 0 aliphatic rings. The maximum atomic E-state index is 12.8. The van der Waals surface area contributed by atoms with Crippen LogP contribution >= 0.6 is 0 Å². The molecule has 1 unspecified atom stereocenters. The Kier molecular flexibility index (Phi) is 3.80. The zero-order valence-corrected chi connectivity index (χ0v) is 8.75. The van der Waals surface area contributed by atoms with Gasteiger partial charge in [0, 0.05) is 11.6 Å². The molecule has 0 heterocycles. The smallest absolute Gasteiger partial charge is 0.251 e. The first kappa shape index (κ1) is 11.7. The quantitative estimate of drug-likeness (QED) is 0.790. The highest BCUT2D eigenvalue weighted by Gasteiger charge is 2.11. The number of aryl methyl sites for hydroxylation is 1. The average Bonchev–Trinajstić information content (AvgIpc) is 2.17. The minimum atomic E-state index is -0.362. The van der Waals surface area contributed by atoms with E-state index in [1.165, 1.54) is 18.2 Å². The zero-order valence-electron chi connectivity index (χ0n) is 8.75. The van der Waals surface area contributed by atoms with Crippen LogP contribution in [0.1, 0.15) is 22.8 Å². The molecule has 0 spiro atoms. The molecule has 0 saturated carbocycles. The minimum Gasteiger partial charge on any atom is -0.394 e. The van der Waals surface area contributed by atoms with Gasteiger partial charge in [-0.25, -0.2) is 4.39 Å². The van der Waals surface area contributed by atoms with Crippen LogP contribution in [0.25, 0.3) is 0 Å². The standard InChI is InChI=1S/C11H14FNO2/c1-7-5-9(12)3-4-10(7)11(15)13-8(2)6-14/h3-5,8,14H,6H2,1-2H3,(H,13,15). The predicted molar refractivity (Wildman–Crippen MR) is 55.2 cm³/mol. The number of carbonyl (C=O) groups is 1. The Morgan fingerprint density at radius 1 is 1.60 bits per heavy atom. The first-order valence-corrected chi connectivity index (χ1v) is 4.72. The van der Waals surface area contributed by atoms with Crippen LogP contribution < -0.4 is 5.32 Å². The van der Waals surface area contributed by atoms with E-state index in [0.29, 0.717) is 11.1 Å². The van der Waals surface area contributed by atoms with Crippen molar-refractivity contribution >= 4 is 5.91 Å². The highest BCUT2D eigenvalue weighted by molar-refractivity contribution is 5.95. The first-order valence-electron chi connectivity index (χ1n) is 4.72. The Morgan fingerprint density at radius 2 is 2.27 bits per heavy atom. The molecule has 0 radical (unpaired) electrons. The molecule has 1 atom stereocenters. The van der Waals surface area contributed by atoms with Gasteiger partial charge < -0.3 is 10.4 Å². The number of benzene rings is 1. The van der Waals surface area contributed by atoms with Gasteiger partial charge in [-0.15, -0.1) is 0 Å². The van der Waals surface area contributed by atoms with Gasteiger partial charge in [0.2, 0.25) is 0 Å². The van der Waals surface area contributed by atoms with Crippen LogP contribution in [0, 0.1) is 12.7 Å². The van der Waals surface area contributed by atoms with Gasteiger partial charge in [0.25, 0.3) is 5.91 Å². The molecule has 82 valence electrons. The number of carbonyl (C=O) groups excluding carboxylic acids is 1. The third-order valence-electron chi connectivity index (χ3n) is 2.08. The second kappa shape index (κ2) is 4.89. The van der Waals surface area contributed by atoms with Crippen molar-refractivity contribution < 1.29 is 14.3 Å². The van der Waals surface area contributed by atoms with Crippen molar-refractivity contribution in [3.8, 4) is 0 Å². The maximum Gasteiger partial charge on any atom is 0.251 e. The lowest BCUT2D eigenvalue weighted by Gasteiger charge is -2.12. The summed E-state index contributed by atoms with van der Waals surface area (Å²) in [5, 5.41) is 11.4. The summed E-state index contributed by atoms with van der Waals surface area (Å²) < 4.78 is 12.8. The largest absolute Gasteiger partial charge is 0.394 e. The van der Waals surface area contributed by atoms with Crippen LogP contribution in [0.4, 0.5) is 4.39 Å². The fraction of sp³-hybridized carbons (Fsp3) is 0.364. The van der Waals surface area contributed by atoms with E-state index in [9.17, 15) is 9.18 Å². The van der Waals surface area contributed by atoms with E-state index >= 15 is 0 Å². The molecule has 1 rings (SSSR count). The third-order valence-corrected chi connectivity index (χ3v) is 2.08. The molecule has 0 aliphatic carbocycles. The summed E-state index contributed by atoms with van der Waals surface area (Å²) >= 11 is 0. The lowest BCUT2D eigenvalue weighted by molar-refractivity contribution is 0.0921. The van der Waals surface area contributed by atoms with Crippen molar-refractivity contribution in [1.29, 1.82) is 0 Å². The van der Waals surface area contributed by atoms with Crippen LogP contribution in [0.3, 0.4) is 0 Å². The lowest BCUT2D eigenvalue weighted by Crippen LogP contribution is -2.35. The number of rotatable bonds is 3. The van der Waals surface area contributed by atoms with Gasteiger partial charge in [0.05, 0.1) is 6.61 Å². The van der Waals surface area contributed by atoms with Crippen LogP contribution in [-0.4, -0.2) is 23.7 Å². The third kappa shape index (κ3) is 3.02. The summed E-state index contributed by atoms with van der Waals surface area (Å²) in [6, 6.07) is 3.68. The molecule has 15 heavy (non-hydrogen) atoms. The molecule has 0 bridgehead atoms. The molecular weight excluding hydrogens is 197 g/mol. The molecule has 1 amide bonds. The van der Waals surface area contributed by atoms with E-state index in [1.807, 2.05) is 0 Å². The number of aliphatic hydroxyl groups excluding tert-OH is 1. The van der Waals surface area contributed by atoms with Gasteiger partial charge in [-0.1, -0.05) is 0 Å². The van der Waals surface area contributed by atoms with Gasteiger partial charge >= 0.3 is 0 Å². The Bertz CT molecular complexity index is 366. The second-order valence-electron chi connectivity index (χ2n) is 3.52. The van der Waals surface area contributed by atoms with E-state index in [4.69, 9.17) is 5.11 Å². The van der Waals surface area contributed by atoms with Gasteiger partial charge in [0.1, 0.15) is 5.82 Å². The average molecular weight is 211 g/mol. The van der Waals surface area contributed by atoms with Crippen LogP contribution in [-0.2, 0) is 0 Å². The molecule has 0 fully saturated rings. The van der Waals surface area contributed by atoms with E-state index in [1.54, 1.807) is 13.8 Å². The molecule has 1 aromatic rings. The Labute approximate surface area is 87.9 Å². The molecule has 3 nitrogen and oxygen atoms in total. The molecule has 1 aromatic carbocycles. The highest BCUT2D eigenvalue weighted by atomic mass is 19.1.